The normalized spacial score (nSPS) is 34.9. The maximum atomic E-state index is 9.98. The van der Waals surface area contributed by atoms with Crippen molar-refractivity contribution in [3.8, 4) is 0 Å². The second kappa shape index (κ2) is 8.03. The summed E-state index contributed by atoms with van der Waals surface area (Å²) in [4.78, 5) is 7.86. The molecular weight excluding hydrogens is 298 g/mol. The van der Waals surface area contributed by atoms with Crippen molar-refractivity contribution < 1.29 is 5.11 Å². The first kappa shape index (κ1) is 18.6. The third-order valence-electron chi connectivity index (χ3n) is 7.06. The molecule has 0 radical (unpaired) electrons. The van der Waals surface area contributed by atoms with Gasteiger partial charge in [-0.05, 0) is 51.4 Å². The monoisotopic (exact) mass is 337 g/mol. The van der Waals surface area contributed by atoms with Crippen LogP contribution in [0.15, 0.2) is 0 Å². The van der Waals surface area contributed by atoms with E-state index >= 15 is 0 Å². The number of rotatable bonds is 5. The predicted octanol–water partition coefficient (Wildman–Crippen LogP) is 2.27. The molecular formula is C20H39N3O. The van der Waals surface area contributed by atoms with E-state index in [4.69, 9.17) is 0 Å². The minimum absolute atomic E-state index is 0.321. The number of aliphatic hydroxyl groups excluding tert-OH is 1. The standard InChI is InChI=1S/C20H39N3O/c1-15(2)17-5-7-18(8-6-17)23-10-9-21(13-20(23)14-24)19-11-22(12-19)16(3)4/h15-20,24H,5-14H2,1-4H3/t17?,18?,20-/m1/s1. The van der Waals surface area contributed by atoms with E-state index in [0.29, 0.717) is 24.7 Å². The topological polar surface area (TPSA) is 30.0 Å². The maximum Gasteiger partial charge on any atom is 0.0599 e. The number of likely N-dealkylation sites (tertiary alicyclic amines) is 1. The molecule has 0 spiro atoms. The van der Waals surface area contributed by atoms with Crippen LogP contribution in [0.1, 0.15) is 53.4 Å². The Labute approximate surface area is 149 Å². The Bertz CT molecular complexity index is 386. The second-order valence-electron chi connectivity index (χ2n) is 9.08. The number of aliphatic hydroxyl groups is 1. The number of nitrogens with zero attached hydrogens (tertiary/aromatic N) is 3. The van der Waals surface area contributed by atoms with Gasteiger partial charge in [0.2, 0.25) is 0 Å². The SMILES string of the molecule is CC(C)C1CCC(N2CCN(C3CN(C(C)C)C3)C[C@@H]2CO)CC1. The van der Waals surface area contributed by atoms with Crippen molar-refractivity contribution in [1.29, 1.82) is 0 Å². The highest BCUT2D eigenvalue weighted by molar-refractivity contribution is 4.96. The molecule has 2 aliphatic heterocycles. The zero-order chi connectivity index (χ0) is 17.3. The van der Waals surface area contributed by atoms with Crippen molar-refractivity contribution in [2.45, 2.75) is 77.5 Å². The van der Waals surface area contributed by atoms with Gasteiger partial charge in [-0.2, -0.15) is 0 Å². The number of hydrogen-bond donors (Lipinski definition) is 1. The molecule has 0 aromatic rings. The molecule has 3 rings (SSSR count). The molecule has 0 aromatic carbocycles. The van der Waals surface area contributed by atoms with E-state index < -0.39 is 0 Å². The Morgan fingerprint density at radius 1 is 0.875 bits per heavy atom. The van der Waals surface area contributed by atoms with Crippen LogP contribution in [0.4, 0.5) is 0 Å². The van der Waals surface area contributed by atoms with Crippen molar-refractivity contribution >= 4 is 0 Å². The van der Waals surface area contributed by atoms with Gasteiger partial charge in [0.15, 0.2) is 0 Å². The van der Waals surface area contributed by atoms with Gasteiger partial charge in [0.25, 0.3) is 0 Å². The second-order valence-corrected chi connectivity index (χ2v) is 9.08. The van der Waals surface area contributed by atoms with E-state index in [2.05, 4.69) is 42.4 Å². The summed E-state index contributed by atoms with van der Waals surface area (Å²) in [6, 6.07) is 2.47. The number of piperazine rings is 1. The predicted molar refractivity (Wildman–Crippen MR) is 100 cm³/mol. The molecule has 0 amide bonds. The molecule has 2 saturated heterocycles. The average molecular weight is 338 g/mol. The Morgan fingerprint density at radius 2 is 1.54 bits per heavy atom. The van der Waals surface area contributed by atoms with Crippen LogP contribution in [0.2, 0.25) is 0 Å². The van der Waals surface area contributed by atoms with Crippen molar-refractivity contribution in [1.82, 2.24) is 14.7 Å². The van der Waals surface area contributed by atoms with E-state index in [1.165, 1.54) is 45.3 Å². The molecule has 24 heavy (non-hydrogen) atoms. The molecule has 2 heterocycles. The number of hydrogen-bond acceptors (Lipinski definition) is 4. The Morgan fingerprint density at radius 3 is 2.08 bits per heavy atom. The maximum absolute atomic E-state index is 9.98. The molecule has 3 aliphatic rings. The van der Waals surface area contributed by atoms with Gasteiger partial charge in [-0.15, -0.1) is 0 Å². The molecule has 140 valence electrons. The summed E-state index contributed by atoms with van der Waals surface area (Å²) in [5, 5.41) is 9.98. The fourth-order valence-corrected chi connectivity index (χ4v) is 5.11. The summed E-state index contributed by atoms with van der Waals surface area (Å²) in [7, 11) is 0. The highest BCUT2D eigenvalue weighted by atomic mass is 16.3. The summed E-state index contributed by atoms with van der Waals surface area (Å²) in [5.74, 6) is 1.76. The molecule has 1 aliphatic carbocycles. The van der Waals surface area contributed by atoms with E-state index in [1.54, 1.807) is 0 Å². The summed E-state index contributed by atoms with van der Waals surface area (Å²) in [6.07, 6.45) is 5.44. The molecule has 4 heteroatoms. The molecule has 4 nitrogen and oxygen atoms in total. The molecule has 1 atom stereocenters. The van der Waals surface area contributed by atoms with Gasteiger partial charge in [0.05, 0.1) is 6.61 Å². The minimum atomic E-state index is 0.321. The average Bonchev–Trinajstić information content (AvgIpc) is 2.53. The van der Waals surface area contributed by atoms with E-state index in [1.807, 2.05) is 0 Å². The minimum Gasteiger partial charge on any atom is -0.395 e. The summed E-state index contributed by atoms with van der Waals surface area (Å²) in [5.41, 5.74) is 0. The summed E-state index contributed by atoms with van der Waals surface area (Å²) >= 11 is 0. The van der Waals surface area contributed by atoms with Crippen LogP contribution in [-0.2, 0) is 0 Å². The highest BCUT2D eigenvalue weighted by Gasteiger charge is 2.39. The molecule has 0 unspecified atom stereocenters. The Balaban J connectivity index is 1.49. The van der Waals surface area contributed by atoms with Gasteiger partial charge in [-0.1, -0.05) is 13.8 Å². The van der Waals surface area contributed by atoms with Crippen molar-refractivity contribution in [3.05, 3.63) is 0 Å². The van der Waals surface area contributed by atoms with Gasteiger partial charge in [0.1, 0.15) is 0 Å². The first-order valence-electron chi connectivity index (χ1n) is 10.3. The Hall–Kier alpha value is -0.160. The summed E-state index contributed by atoms with van der Waals surface area (Å²) < 4.78 is 0. The van der Waals surface area contributed by atoms with Gasteiger partial charge in [-0.25, -0.2) is 0 Å². The molecule has 1 N–H and O–H groups in total. The first-order chi connectivity index (χ1) is 11.5. The smallest absolute Gasteiger partial charge is 0.0599 e. The van der Waals surface area contributed by atoms with Crippen LogP contribution < -0.4 is 0 Å². The largest absolute Gasteiger partial charge is 0.395 e. The van der Waals surface area contributed by atoms with Crippen LogP contribution >= 0.6 is 0 Å². The van der Waals surface area contributed by atoms with Gasteiger partial charge < -0.3 is 5.11 Å². The van der Waals surface area contributed by atoms with Crippen molar-refractivity contribution in [3.63, 3.8) is 0 Å². The molecule has 1 saturated carbocycles. The molecule has 0 bridgehead atoms. The van der Waals surface area contributed by atoms with Crippen LogP contribution in [0.5, 0.6) is 0 Å². The van der Waals surface area contributed by atoms with Crippen molar-refractivity contribution in [2.24, 2.45) is 11.8 Å². The zero-order valence-electron chi connectivity index (χ0n) is 16.3. The van der Waals surface area contributed by atoms with Crippen LogP contribution in [0.3, 0.4) is 0 Å². The van der Waals surface area contributed by atoms with Gasteiger partial charge >= 0.3 is 0 Å². The highest BCUT2D eigenvalue weighted by Crippen LogP contribution is 2.34. The van der Waals surface area contributed by atoms with E-state index in [0.717, 1.165) is 31.0 Å². The summed E-state index contributed by atoms with van der Waals surface area (Å²) in [6.45, 7) is 15.5. The van der Waals surface area contributed by atoms with Gasteiger partial charge in [0, 0.05) is 56.9 Å². The zero-order valence-corrected chi connectivity index (χ0v) is 16.3. The van der Waals surface area contributed by atoms with Gasteiger partial charge in [-0.3, -0.25) is 14.7 Å². The Kier molecular flexibility index (Phi) is 6.23. The van der Waals surface area contributed by atoms with E-state index in [9.17, 15) is 5.11 Å². The van der Waals surface area contributed by atoms with Crippen LogP contribution in [-0.4, -0.2) is 83.3 Å². The van der Waals surface area contributed by atoms with E-state index in [-0.39, 0.29) is 0 Å². The lowest BCUT2D eigenvalue weighted by molar-refractivity contribution is -0.0552. The molecule has 3 fully saturated rings. The third kappa shape index (κ3) is 3.98. The lowest BCUT2D eigenvalue weighted by atomic mass is 9.79. The third-order valence-corrected chi connectivity index (χ3v) is 7.06. The van der Waals surface area contributed by atoms with Crippen molar-refractivity contribution in [2.75, 3.05) is 39.3 Å². The quantitative estimate of drug-likeness (QED) is 0.833. The fourth-order valence-electron chi connectivity index (χ4n) is 5.11. The van der Waals surface area contributed by atoms with Crippen LogP contribution in [0.25, 0.3) is 0 Å². The van der Waals surface area contributed by atoms with Crippen LogP contribution in [0, 0.1) is 11.8 Å². The lowest BCUT2D eigenvalue weighted by Crippen LogP contribution is -2.67. The molecule has 0 aromatic heterocycles. The first-order valence-corrected chi connectivity index (χ1v) is 10.3. The fraction of sp³-hybridized carbons (Fsp3) is 1.00. The lowest BCUT2D eigenvalue weighted by Gasteiger charge is -2.53.